The van der Waals surface area contributed by atoms with Crippen molar-refractivity contribution in [3.63, 3.8) is 0 Å². The lowest BCUT2D eigenvalue weighted by atomic mass is 9.79. The maximum absolute atomic E-state index is 6.13. The van der Waals surface area contributed by atoms with E-state index in [1.54, 1.807) is 7.11 Å². The van der Waals surface area contributed by atoms with Crippen LogP contribution in [0.3, 0.4) is 0 Å². The highest BCUT2D eigenvalue weighted by Crippen LogP contribution is 2.36. The normalized spacial score (nSPS) is 17.5. The van der Waals surface area contributed by atoms with Crippen molar-refractivity contribution in [2.45, 2.75) is 45.4 Å². The number of nitrogens with zero attached hydrogens (tertiary/aromatic N) is 2. The molecule has 2 aromatic carbocycles. The van der Waals surface area contributed by atoms with Crippen molar-refractivity contribution in [1.29, 1.82) is 0 Å². The van der Waals surface area contributed by atoms with Crippen LogP contribution in [-0.2, 0) is 15.9 Å². The fourth-order valence-electron chi connectivity index (χ4n) is 3.31. The number of methoxy groups -OCH3 is 1. The van der Waals surface area contributed by atoms with Crippen molar-refractivity contribution < 1.29 is 14.0 Å². The molecule has 1 saturated heterocycles. The van der Waals surface area contributed by atoms with Gasteiger partial charge in [0.05, 0.1) is 30.6 Å². The van der Waals surface area contributed by atoms with Gasteiger partial charge in [-0.15, -0.1) is 0 Å². The van der Waals surface area contributed by atoms with Gasteiger partial charge in [0.15, 0.2) is 0 Å². The Labute approximate surface area is 172 Å². The van der Waals surface area contributed by atoms with Crippen LogP contribution in [0.4, 0.5) is 0 Å². The van der Waals surface area contributed by atoms with Crippen LogP contribution in [0.15, 0.2) is 60.8 Å². The summed E-state index contributed by atoms with van der Waals surface area (Å²) in [6, 6.07) is 18.3. The Bertz CT molecular complexity index is 962. The molecule has 150 valence electrons. The average molecular weight is 390 g/mol. The van der Waals surface area contributed by atoms with Crippen LogP contribution in [-0.4, -0.2) is 35.2 Å². The minimum Gasteiger partial charge on any atom is -0.497 e. The van der Waals surface area contributed by atoms with Crippen molar-refractivity contribution in [3.05, 3.63) is 66.4 Å². The molecule has 0 aliphatic carbocycles. The van der Waals surface area contributed by atoms with E-state index in [9.17, 15) is 0 Å². The third-order valence-corrected chi connectivity index (χ3v) is 5.88. The Morgan fingerprint density at radius 3 is 2.10 bits per heavy atom. The van der Waals surface area contributed by atoms with Gasteiger partial charge in [-0.1, -0.05) is 36.4 Å². The lowest BCUT2D eigenvalue weighted by molar-refractivity contribution is 0.00578. The summed E-state index contributed by atoms with van der Waals surface area (Å²) in [5.41, 5.74) is 3.53. The molecule has 1 fully saturated rings. The topological polar surface area (TPSA) is 45.5 Å². The molecular weight excluding hydrogens is 363 g/mol. The second kappa shape index (κ2) is 7.36. The highest BCUT2D eigenvalue weighted by molar-refractivity contribution is 6.62. The fraction of sp³-hybridized carbons (Fsp3) is 0.348. The number of rotatable bonds is 5. The molecule has 1 aliphatic heterocycles. The van der Waals surface area contributed by atoms with Crippen LogP contribution < -0.4 is 10.2 Å². The number of benzene rings is 2. The third kappa shape index (κ3) is 3.95. The van der Waals surface area contributed by atoms with E-state index in [1.807, 2.05) is 29.1 Å². The van der Waals surface area contributed by atoms with Crippen molar-refractivity contribution in [1.82, 2.24) is 9.78 Å². The number of aromatic nitrogens is 2. The molecule has 0 radical (unpaired) electrons. The van der Waals surface area contributed by atoms with Crippen LogP contribution in [0, 0.1) is 0 Å². The summed E-state index contributed by atoms with van der Waals surface area (Å²) >= 11 is 0. The van der Waals surface area contributed by atoms with E-state index in [1.165, 1.54) is 5.56 Å². The first kappa shape index (κ1) is 19.7. The number of hydrogen-bond acceptors (Lipinski definition) is 4. The molecule has 6 heteroatoms. The summed E-state index contributed by atoms with van der Waals surface area (Å²) in [5.74, 6) is 0.858. The Hall–Kier alpha value is -2.57. The standard InChI is InChI=1S/C23H27BN2O3/c1-22(2)23(3,4)29-24(28-22)19-10-8-18(9-11-19)21-14-15-26(25-21)16-17-6-12-20(27-5)13-7-17/h6-15H,16H2,1-5H3. The summed E-state index contributed by atoms with van der Waals surface area (Å²) in [6.45, 7) is 8.98. The minimum absolute atomic E-state index is 0.337. The van der Waals surface area contributed by atoms with Gasteiger partial charge in [0.25, 0.3) is 0 Å². The zero-order chi connectivity index (χ0) is 20.6. The predicted molar refractivity (Wildman–Crippen MR) is 115 cm³/mol. The maximum Gasteiger partial charge on any atom is 0.494 e. The smallest absolute Gasteiger partial charge is 0.494 e. The van der Waals surface area contributed by atoms with E-state index in [0.717, 1.165) is 29.0 Å². The van der Waals surface area contributed by atoms with E-state index >= 15 is 0 Å². The SMILES string of the molecule is COc1ccc(Cn2ccc(-c3ccc(B4OC(C)(C)C(C)(C)O4)cc3)n2)cc1. The first-order valence-corrected chi connectivity index (χ1v) is 9.90. The van der Waals surface area contributed by atoms with E-state index in [2.05, 4.69) is 64.1 Å². The molecule has 2 heterocycles. The summed E-state index contributed by atoms with van der Waals surface area (Å²) in [7, 11) is 1.33. The minimum atomic E-state index is -0.346. The molecule has 0 atom stereocenters. The Morgan fingerprint density at radius 1 is 0.897 bits per heavy atom. The van der Waals surface area contributed by atoms with Crippen LogP contribution in [0.1, 0.15) is 33.3 Å². The fourth-order valence-corrected chi connectivity index (χ4v) is 3.31. The van der Waals surface area contributed by atoms with Crippen LogP contribution in [0.2, 0.25) is 0 Å². The molecule has 1 aromatic heterocycles. The van der Waals surface area contributed by atoms with Crippen LogP contribution in [0.5, 0.6) is 5.75 Å². The summed E-state index contributed by atoms with van der Waals surface area (Å²) in [6.07, 6.45) is 2.00. The summed E-state index contributed by atoms with van der Waals surface area (Å²) in [5, 5.41) is 4.71. The molecule has 0 N–H and O–H groups in total. The molecule has 0 amide bonds. The number of hydrogen-bond donors (Lipinski definition) is 0. The summed E-state index contributed by atoms with van der Waals surface area (Å²) < 4.78 is 19.4. The molecular formula is C23H27BN2O3. The van der Waals surface area contributed by atoms with Gasteiger partial charge in [-0.05, 0) is 56.9 Å². The molecule has 0 saturated carbocycles. The molecule has 3 aromatic rings. The second-order valence-corrected chi connectivity index (χ2v) is 8.46. The highest BCUT2D eigenvalue weighted by Gasteiger charge is 2.51. The second-order valence-electron chi connectivity index (χ2n) is 8.46. The van der Waals surface area contributed by atoms with E-state index < -0.39 is 0 Å². The first-order chi connectivity index (χ1) is 13.8. The van der Waals surface area contributed by atoms with Crippen LogP contribution >= 0.6 is 0 Å². The van der Waals surface area contributed by atoms with Crippen molar-refractivity contribution >= 4 is 12.6 Å². The van der Waals surface area contributed by atoms with Gasteiger partial charge in [0, 0.05) is 11.8 Å². The predicted octanol–water partition coefficient (Wildman–Crippen LogP) is 3.91. The van der Waals surface area contributed by atoms with Gasteiger partial charge in [-0.2, -0.15) is 5.10 Å². The average Bonchev–Trinajstić information content (AvgIpc) is 3.24. The van der Waals surface area contributed by atoms with Crippen molar-refractivity contribution in [3.8, 4) is 17.0 Å². The highest BCUT2D eigenvalue weighted by atomic mass is 16.7. The van der Waals surface area contributed by atoms with Gasteiger partial charge in [0.2, 0.25) is 0 Å². The largest absolute Gasteiger partial charge is 0.497 e. The zero-order valence-electron chi connectivity index (χ0n) is 17.7. The third-order valence-electron chi connectivity index (χ3n) is 5.88. The number of ether oxygens (including phenoxy) is 1. The van der Waals surface area contributed by atoms with Crippen LogP contribution in [0.25, 0.3) is 11.3 Å². The molecule has 1 aliphatic rings. The van der Waals surface area contributed by atoms with E-state index in [0.29, 0.717) is 0 Å². The summed E-state index contributed by atoms with van der Waals surface area (Å²) in [4.78, 5) is 0. The Morgan fingerprint density at radius 2 is 1.52 bits per heavy atom. The molecule has 4 rings (SSSR count). The monoisotopic (exact) mass is 390 g/mol. The first-order valence-electron chi connectivity index (χ1n) is 9.90. The molecule has 0 bridgehead atoms. The molecule has 29 heavy (non-hydrogen) atoms. The van der Waals surface area contributed by atoms with E-state index in [4.69, 9.17) is 19.1 Å². The molecule has 0 unspecified atom stereocenters. The van der Waals surface area contributed by atoms with Gasteiger partial charge >= 0.3 is 7.12 Å². The maximum atomic E-state index is 6.13. The Balaban J connectivity index is 1.46. The van der Waals surface area contributed by atoms with Gasteiger partial charge in [0.1, 0.15) is 5.75 Å². The zero-order valence-corrected chi connectivity index (χ0v) is 17.7. The van der Waals surface area contributed by atoms with Gasteiger partial charge < -0.3 is 14.0 Å². The lowest BCUT2D eigenvalue weighted by Crippen LogP contribution is -2.41. The van der Waals surface area contributed by atoms with Crippen molar-refractivity contribution in [2.75, 3.05) is 7.11 Å². The molecule has 0 spiro atoms. The Kier molecular flexibility index (Phi) is 5.01. The van der Waals surface area contributed by atoms with Gasteiger partial charge in [-0.3, -0.25) is 4.68 Å². The van der Waals surface area contributed by atoms with Gasteiger partial charge in [-0.25, -0.2) is 0 Å². The molecule has 5 nitrogen and oxygen atoms in total. The van der Waals surface area contributed by atoms with Crippen molar-refractivity contribution in [2.24, 2.45) is 0 Å². The van der Waals surface area contributed by atoms with E-state index in [-0.39, 0.29) is 18.3 Å². The quantitative estimate of drug-likeness (QED) is 0.620. The lowest BCUT2D eigenvalue weighted by Gasteiger charge is -2.32.